The lowest BCUT2D eigenvalue weighted by atomic mass is 10.0. The smallest absolute Gasteiger partial charge is 0.124 e. The zero-order chi connectivity index (χ0) is 12.8. The highest BCUT2D eigenvalue weighted by Gasteiger charge is 2.13. The molecule has 0 amide bonds. The van der Waals surface area contributed by atoms with E-state index in [2.05, 4.69) is 0 Å². The summed E-state index contributed by atoms with van der Waals surface area (Å²) in [6.45, 7) is 2.01. The number of carboxylic acids is 1. The molecule has 1 aromatic carbocycles. The Morgan fingerprint density at radius 1 is 1.53 bits per heavy atom. The molecule has 4 nitrogen and oxygen atoms in total. The number of aliphatic hydroxyl groups is 1. The molecule has 94 valence electrons. The minimum Gasteiger partial charge on any atom is -0.550 e. The summed E-state index contributed by atoms with van der Waals surface area (Å²) in [6, 6.07) is 5.56. The number of carbonyl (C=O) groups excluding carboxylic acids is 1. The normalized spacial score (nSPS) is 12.2. The number of rotatable bonds is 6. The van der Waals surface area contributed by atoms with Crippen LogP contribution in [0.25, 0.3) is 0 Å². The van der Waals surface area contributed by atoms with Crippen LogP contribution in [-0.2, 0) is 11.2 Å². The molecule has 0 unspecified atom stereocenters. The van der Waals surface area contributed by atoms with Gasteiger partial charge in [0.05, 0.1) is 13.2 Å². The molecule has 4 heteroatoms. The summed E-state index contributed by atoms with van der Waals surface area (Å²) in [5.41, 5.74) is 1.71. The molecular formula is C13H17O4-. The Labute approximate surface area is 101 Å². The Balaban J connectivity index is 2.88. The summed E-state index contributed by atoms with van der Waals surface area (Å²) in [4.78, 5) is 10.4. The Hall–Kier alpha value is -1.55. The maximum Gasteiger partial charge on any atom is 0.124 e. The molecule has 1 aromatic rings. The first-order chi connectivity index (χ1) is 8.08. The average molecular weight is 237 g/mol. The van der Waals surface area contributed by atoms with Gasteiger partial charge >= 0.3 is 0 Å². The molecule has 0 fully saturated rings. The summed E-state index contributed by atoms with van der Waals surface area (Å²) >= 11 is 0. The van der Waals surface area contributed by atoms with Crippen LogP contribution in [0.2, 0.25) is 0 Å². The topological polar surface area (TPSA) is 69.6 Å². The van der Waals surface area contributed by atoms with Gasteiger partial charge in [-0.25, -0.2) is 0 Å². The third-order valence-corrected chi connectivity index (χ3v) is 2.68. The van der Waals surface area contributed by atoms with E-state index in [1.165, 1.54) is 7.11 Å². The SMILES string of the molecule is CCc1ccc(OC)c([C@@H](O)CCC(=O)[O-])c1. The molecule has 0 aromatic heterocycles. The highest BCUT2D eigenvalue weighted by molar-refractivity contribution is 5.64. The van der Waals surface area contributed by atoms with E-state index in [1.54, 1.807) is 6.07 Å². The lowest BCUT2D eigenvalue weighted by molar-refractivity contribution is -0.306. The van der Waals surface area contributed by atoms with Crippen molar-refractivity contribution in [2.24, 2.45) is 0 Å². The Kier molecular flexibility index (Phi) is 4.97. The predicted molar refractivity (Wildman–Crippen MR) is 61.6 cm³/mol. The minimum absolute atomic E-state index is 0.131. The van der Waals surface area contributed by atoms with Gasteiger partial charge in [0.2, 0.25) is 0 Å². The first-order valence-electron chi connectivity index (χ1n) is 5.63. The summed E-state index contributed by atoms with van der Waals surface area (Å²) in [6.07, 6.45) is -0.0224. The Morgan fingerprint density at radius 2 is 2.24 bits per heavy atom. The van der Waals surface area contributed by atoms with Gasteiger partial charge in [-0.05, 0) is 37.0 Å². The van der Waals surface area contributed by atoms with E-state index in [1.807, 2.05) is 19.1 Å². The molecule has 1 atom stereocenters. The molecule has 1 N–H and O–H groups in total. The maximum absolute atomic E-state index is 10.4. The fraction of sp³-hybridized carbons (Fsp3) is 0.462. The molecule has 0 aliphatic heterocycles. The third kappa shape index (κ3) is 3.75. The second kappa shape index (κ2) is 6.25. The standard InChI is InChI=1S/C13H18O4/c1-3-9-4-6-12(17-2)10(8-9)11(14)5-7-13(15)16/h4,6,8,11,14H,3,5,7H2,1-2H3,(H,15,16)/p-1/t11-/m0/s1. The molecule has 0 spiro atoms. The van der Waals surface area contributed by atoms with Crippen LogP contribution in [0.3, 0.4) is 0 Å². The maximum atomic E-state index is 10.4. The number of hydrogen-bond donors (Lipinski definition) is 1. The van der Waals surface area contributed by atoms with Crippen molar-refractivity contribution >= 4 is 5.97 Å². The lowest BCUT2D eigenvalue weighted by Gasteiger charge is -2.16. The monoisotopic (exact) mass is 237 g/mol. The molecule has 17 heavy (non-hydrogen) atoms. The van der Waals surface area contributed by atoms with Gasteiger partial charge in [0.25, 0.3) is 0 Å². The van der Waals surface area contributed by atoms with E-state index in [4.69, 9.17) is 4.74 Å². The molecular weight excluding hydrogens is 220 g/mol. The van der Waals surface area contributed by atoms with Crippen molar-refractivity contribution in [2.45, 2.75) is 32.3 Å². The van der Waals surface area contributed by atoms with E-state index in [-0.39, 0.29) is 12.8 Å². The van der Waals surface area contributed by atoms with Crippen molar-refractivity contribution in [1.29, 1.82) is 0 Å². The van der Waals surface area contributed by atoms with Crippen LogP contribution in [0.1, 0.15) is 37.0 Å². The van der Waals surface area contributed by atoms with E-state index in [9.17, 15) is 15.0 Å². The van der Waals surface area contributed by atoms with Crippen LogP contribution in [0.4, 0.5) is 0 Å². The van der Waals surface area contributed by atoms with Crippen molar-refractivity contribution in [1.82, 2.24) is 0 Å². The number of hydrogen-bond acceptors (Lipinski definition) is 4. The van der Waals surface area contributed by atoms with Gasteiger partial charge in [-0.1, -0.05) is 13.0 Å². The molecule has 1 rings (SSSR count). The van der Waals surface area contributed by atoms with E-state index >= 15 is 0 Å². The summed E-state index contributed by atoms with van der Waals surface area (Å²) in [7, 11) is 1.52. The Morgan fingerprint density at radius 3 is 2.76 bits per heavy atom. The van der Waals surface area contributed by atoms with Crippen LogP contribution in [0, 0.1) is 0 Å². The number of carboxylic acid groups (broad SMARTS) is 1. The van der Waals surface area contributed by atoms with Gasteiger partial charge in [-0.3, -0.25) is 0 Å². The van der Waals surface area contributed by atoms with Crippen molar-refractivity contribution in [3.8, 4) is 5.75 Å². The molecule has 0 radical (unpaired) electrons. The second-order valence-electron chi connectivity index (χ2n) is 3.86. The second-order valence-corrected chi connectivity index (χ2v) is 3.86. The van der Waals surface area contributed by atoms with Crippen LogP contribution >= 0.6 is 0 Å². The number of aliphatic carboxylic acids is 1. The fourth-order valence-electron chi connectivity index (χ4n) is 1.67. The van der Waals surface area contributed by atoms with Gasteiger partial charge in [0, 0.05) is 11.5 Å². The van der Waals surface area contributed by atoms with Crippen LogP contribution < -0.4 is 9.84 Å². The highest BCUT2D eigenvalue weighted by atomic mass is 16.5. The highest BCUT2D eigenvalue weighted by Crippen LogP contribution is 2.29. The molecule has 0 aliphatic rings. The quantitative estimate of drug-likeness (QED) is 0.795. The van der Waals surface area contributed by atoms with Crippen molar-refractivity contribution in [3.05, 3.63) is 29.3 Å². The van der Waals surface area contributed by atoms with Crippen LogP contribution in [0.15, 0.2) is 18.2 Å². The molecule has 0 heterocycles. The largest absolute Gasteiger partial charge is 0.550 e. The lowest BCUT2D eigenvalue weighted by Crippen LogP contribution is -2.22. The van der Waals surface area contributed by atoms with Crippen LogP contribution in [-0.4, -0.2) is 18.2 Å². The zero-order valence-electron chi connectivity index (χ0n) is 10.1. The van der Waals surface area contributed by atoms with Crippen molar-refractivity contribution in [3.63, 3.8) is 0 Å². The summed E-state index contributed by atoms with van der Waals surface area (Å²) < 4.78 is 5.15. The van der Waals surface area contributed by atoms with Crippen molar-refractivity contribution in [2.75, 3.05) is 7.11 Å². The van der Waals surface area contributed by atoms with Gasteiger partial charge in [-0.2, -0.15) is 0 Å². The third-order valence-electron chi connectivity index (χ3n) is 2.68. The van der Waals surface area contributed by atoms with Gasteiger partial charge < -0.3 is 19.7 Å². The van der Waals surface area contributed by atoms with E-state index in [0.29, 0.717) is 11.3 Å². The number of carbonyl (C=O) groups is 1. The number of ether oxygens (including phenoxy) is 1. The first kappa shape index (κ1) is 13.5. The minimum atomic E-state index is -1.16. The average Bonchev–Trinajstić information content (AvgIpc) is 2.34. The van der Waals surface area contributed by atoms with Gasteiger partial charge in [-0.15, -0.1) is 0 Å². The molecule has 0 aliphatic carbocycles. The number of aryl methyl sites for hydroxylation is 1. The fourth-order valence-corrected chi connectivity index (χ4v) is 1.67. The van der Waals surface area contributed by atoms with Crippen LogP contribution in [0.5, 0.6) is 5.75 Å². The summed E-state index contributed by atoms with van der Waals surface area (Å²) in [5.74, 6) is -0.581. The predicted octanol–water partition coefficient (Wildman–Crippen LogP) is 0.821. The number of aliphatic hydroxyl groups excluding tert-OH is 1. The van der Waals surface area contributed by atoms with Gasteiger partial charge in [0.1, 0.15) is 5.75 Å². The summed E-state index contributed by atoms with van der Waals surface area (Å²) in [5, 5.41) is 20.3. The number of benzene rings is 1. The van der Waals surface area contributed by atoms with E-state index < -0.39 is 12.1 Å². The van der Waals surface area contributed by atoms with E-state index in [0.717, 1.165) is 12.0 Å². The molecule has 0 saturated carbocycles. The molecule has 0 bridgehead atoms. The molecule has 0 saturated heterocycles. The first-order valence-corrected chi connectivity index (χ1v) is 5.63. The zero-order valence-corrected chi connectivity index (χ0v) is 10.1. The van der Waals surface area contributed by atoms with Gasteiger partial charge in [0.15, 0.2) is 0 Å². The Bertz CT molecular complexity index is 387. The number of methoxy groups -OCH3 is 1. The van der Waals surface area contributed by atoms with Crippen molar-refractivity contribution < 1.29 is 19.7 Å².